The van der Waals surface area contributed by atoms with Gasteiger partial charge in [0, 0.05) is 29.4 Å². The lowest BCUT2D eigenvalue weighted by Crippen LogP contribution is -2.19. The molecule has 110 valence electrons. The van der Waals surface area contributed by atoms with Crippen LogP contribution in [0, 0.1) is 0 Å². The van der Waals surface area contributed by atoms with Gasteiger partial charge in [-0.15, -0.1) is 0 Å². The molecule has 0 fully saturated rings. The number of hydrogen-bond acceptors (Lipinski definition) is 4. The number of ether oxygens (including phenoxy) is 1. The molecule has 2 aromatic carbocycles. The van der Waals surface area contributed by atoms with Gasteiger partial charge in [-0.3, -0.25) is 0 Å². The van der Waals surface area contributed by atoms with Gasteiger partial charge in [0.2, 0.25) is 0 Å². The van der Waals surface area contributed by atoms with E-state index < -0.39 is 0 Å². The van der Waals surface area contributed by atoms with Gasteiger partial charge in [0.15, 0.2) is 0 Å². The summed E-state index contributed by atoms with van der Waals surface area (Å²) in [6, 6.07) is 14.8. The van der Waals surface area contributed by atoms with Gasteiger partial charge >= 0.3 is 0 Å². The number of nitrogens with zero attached hydrogens (tertiary/aromatic N) is 2. The summed E-state index contributed by atoms with van der Waals surface area (Å²) in [5.74, 6) is 0.933. The Morgan fingerprint density at radius 3 is 2.62 bits per heavy atom. The normalized spacial score (nSPS) is 13.0. The molecule has 0 atom stereocenters. The smallest absolute Gasteiger partial charge is 0.121 e. The topological polar surface area (TPSA) is 15.7 Å². The first-order valence-corrected chi connectivity index (χ1v) is 7.89. The van der Waals surface area contributed by atoms with Crippen molar-refractivity contribution in [2.24, 2.45) is 0 Å². The Balaban J connectivity index is 1.82. The number of benzene rings is 2. The number of likely N-dealkylation sites (N-methyl/N-ethyl adjacent to an activating group) is 1. The highest BCUT2D eigenvalue weighted by Gasteiger charge is 2.20. The van der Waals surface area contributed by atoms with Crippen LogP contribution in [0.25, 0.3) is 0 Å². The molecule has 0 saturated heterocycles. The van der Waals surface area contributed by atoms with Crippen LogP contribution in [-0.2, 0) is 0 Å². The number of hydrogen-bond donors (Lipinski definition) is 0. The first-order chi connectivity index (χ1) is 10.1. The SMILES string of the molecule is CN(C)CCOc1ccc2c(c1)N(C)c1ccccc1S2. The molecule has 0 aliphatic carbocycles. The lowest BCUT2D eigenvalue weighted by Gasteiger charge is -2.29. The van der Waals surface area contributed by atoms with Gasteiger partial charge in [0.1, 0.15) is 12.4 Å². The lowest BCUT2D eigenvalue weighted by atomic mass is 10.2. The van der Waals surface area contributed by atoms with E-state index in [2.05, 4.69) is 73.4 Å². The molecular weight excluding hydrogens is 280 g/mol. The second kappa shape index (κ2) is 6.00. The molecule has 0 unspecified atom stereocenters. The quantitative estimate of drug-likeness (QED) is 0.851. The Morgan fingerprint density at radius 1 is 1.05 bits per heavy atom. The summed E-state index contributed by atoms with van der Waals surface area (Å²) in [6.07, 6.45) is 0. The highest BCUT2D eigenvalue weighted by Crippen LogP contribution is 2.48. The Labute approximate surface area is 130 Å². The molecule has 3 rings (SSSR count). The maximum absolute atomic E-state index is 5.84. The van der Waals surface area contributed by atoms with Crippen LogP contribution in [0.5, 0.6) is 5.75 Å². The minimum Gasteiger partial charge on any atom is -0.492 e. The molecule has 0 aromatic heterocycles. The van der Waals surface area contributed by atoms with Crippen LogP contribution >= 0.6 is 11.8 Å². The molecule has 0 saturated carbocycles. The summed E-state index contributed by atoms with van der Waals surface area (Å²) >= 11 is 1.82. The summed E-state index contributed by atoms with van der Waals surface area (Å²) in [4.78, 5) is 6.93. The van der Waals surface area contributed by atoms with Crippen molar-refractivity contribution < 1.29 is 4.74 Å². The van der Waals surface area contributed by atoms with Crippen LogP contribution in [-0.4, -0.2) is 39.2 Å². The maximum atomic E-state index is 5.84. The van der Waals surface area contributed by atoms with E-state index in [9.17, 15) is 0 Å². The molecule has 1 heterocycles. The number of fused-ring (bicyclic) bond motifs is 2. The zero-order valence-electron chi connectivity index (χ0n) is 12.7. The van der Waals surface area contributed by atoms with Crippen LogP contribution in [0.2, 0.25) is 0 Å². The molecule has 4 heteroatoms. The zero-order valence-corrected chi connectivity index (χ0v) is 13.5. The molecule has 3 nitrogen and oxygen atoms in total. The van der Waals surface area contributed by atoms with Crippen LogP contribution in [0.15, 0.2) is 52.3 Å². The predicted molar refractivity (Wildman–Crippen MR) is 89.1 cm³/mol. The Morgan fingerprint density at radius 2 is 1.81 bits per heavy atom. The predicted octanol–water partition coefficient (Wildman–Crippen LogP) is 3.86. The summed E-state index contributed by atoms with van der Waals surface area (Å²) in [7, 11) is 6.22. The van der Waals surface area contributed by atoms with E-state index >= 15 is 0 Å². The van der Waals surface area contributed by atoms with E-state index in [-0.39, 0.29) is 0 Å². The first-order valence-electron chi connectivity index (χ1n) is 7.07. The molecule has 2 aromatic rings. The molecule has 0 spiro atoms. The van der Waals surface area contributed by atoms with E-state index in [4.69, 9.17) is 4.74 Å². The van der Waals surface area contributed by atoms with Gasteiger partial charge in [-0.1, -0.05) is 23.9 Å². The number of rotatable bonds is 4. The van der Waals surface area contributed by atoms with E-state index in [1.807, 2.05) is 11.8 Å². The first kappa shape index (κ1) is 14.3. The van der Waals surface area contributed by atoms with Gasteiger partial charge in [-0.05, 0) is 38.4 Å². The average Bonchev–Trinajstić information content (AvgIpc) is 2.48. The fourth-order valence-electron chi connectivity index (χ4n) is 2.35. The zero-order chi connectivity index (χ0) is 14.8. The van der Waals surface area contributed by atoms with Crippen molar-refractivity contribution in [3.05, 3.63) is 42.5 Å². The third kappa shape index (κ3) is 3.01. The highest BCUT2D eigenvalue weighted by molar-refractivity contribution is 7.99. The van der Waals surface area contributed by atoms with Crippen molar-refractivity contribution in [3.8, 4) is 5.75 Å². The third-order valence-corrected chi connectivity index (χ3v) is 4.68. The lowest BCUT2D eigenvalue weighted by molar-refractivity contribution is 0.261. The van der Waals surface area contributed by atoms with Crippen molar-refractivity contribution in [1.82, 2.24) is 4.90 Å². The van der Waals surface area contributed by atoms with E-state index in [0.29, 0.717) is 6.61 Å². The molecule has 0 N–H and O–H groups in total. The van der Waals surface area contributed by atoms with E-state index in [0.717, 1.165) is 12.3 Å². The molecular formula is C17H20N2OS. The van der Waals surface area contributed by atoms with Gasteiger partial charge in [-0.2, -0.15) is 0 Å². The Hall–Kier alpha value is -1.65. The summed E-state index contributed by atoms with van der Waals surface area (Å²) in [6.45, 7) is 1.63. The molecule has 0 bridgehead atoms. The van der Waals surface area contributed by atoms with Crippen LogP contribution in [0.4, 0.5) is 11.4 Å². The van der Waals surface area contributed by atoms with E-state index in [1.54, 1.807) is 0 Å². The Kier molecular flexibility index (Phi) is 4.08. The van der Waals surface area contributed by atoms with Gasteiger partial charge < -0.3 is 14.5 Å². The summed E-state index contributed by atoms with van der Waals surface area (Å²) in [5.41, 5.74) is 2.46. The van der Waals surface area contributed by atoms with Crippen LogP contribution in [0.3, 0.4) is 0 Å². The summed E-state index contributed by atoms with van der Waals surface area (Å²) in [5, 5.41) is 0. The fraction of sp³-hybridized carbons (Fsp3) is 0.294. The van der Waals surface area contributed by atoms with Crippen molar-refractivity contribution >= 4 is 23.1 Å². The fourth-order valence-corrected chi connectivity index (χ4v) is 3.48. The highest BCUT2D eigenvalue weighted by atomic mass is 32.2. The number of para-hydroxylation sites is 1. The van der Waals surface area contributed by atoms with Crippen LogP contribution in [0.1, 0.15) is 0 Å². The standard InChI is InChI=1S/C17H20N2OS/c1-18(2)10-11-20-13-8-9-17-15(12-13)19(3)14-6-4-5-7-16(14)21-17/h4-9,12H,10-11H2,1-3H3. The third-order valence-electron chi connectivity index (χ3n) is 3.55. The van der Waals surface area contributed by atoms with Crippen molar-refractivity contribution in [1.29, 1.82) is 0 Å². The largest absolute Gasteiger partial charge is 0.492 e. The monoisotopic (exact) mass is 300 g/mol. The van der Waals surface area contributed by atoms with E-state index in [1.165, 1.54) is 21.2 Å². The summed E-state index contributed by atoms with van der Waals surface area (Å²) < 4.78 is 5.84. The minimum absolute atomic E-state index is 0.708. The van der Waals surface area contributed by atoms with Crippen molar-refractivity contribution in [2.45, 2.75) is 9.79 Å². The molecule has 1 aliphatic rings. The molecule has 0 amide bonds. The maximum Gasteiger partial charge on any atom is 0.121 e. The molecule has 1 aliphatic heterocycles. The number of anilines is 2. The van der Waals surface area contributed by atoms with Gasteiger partial charge in [0.05, 0.1) is 11.4 Å². The van der Waals surface area contributed by atoms with Crippen molar-refractivity contribution in [3.63, 3.8) is 0 Å². The van der Waals surface area contributed by atoms with Gasteiger partial charge in [-0.25, -0.2) is 0 Å². The second-order valence-electron chi connectivity index (χ2n) is 5.41. The van der Waals surface area contributed by atoms with Crippen molar-refractivity contribution in [2.75, 3.05) is 39.2 Å². The van der Waals surface area contributed by atoms with Crippen LogP contribution < -0.4 is 9.64 Å². The molecule has 21 heavy (non-hydrogen) atoms. The second-order valence-corrected chi connectivity index (χ2v) is 6.49. The Bertz CT molecular complexity index is 642. The average molecular weight is 300 g/mol. The minimum atomic E-state index is 0.708. The van der Waals surface area contributed by atoms with Gasteiger partial charge in [0.25, 0.3) is 0 Å². The molecule has 0 radical (unpaired) electrons.